The van der Waals surface area contributed by atoms with Gasteiger partial charge in [-0.3, -0.25) is 14.2 Å². The van der Waals surface area contributed by atoms with Crippen LogP contribution in [0.1, 0.15) is 21.9 Å². The number of carbonyl (C=O) groups is 1. The van der Waals surface area contributed by atoms with Crippen molar-refractivity contribution in [3.05, 3.63) is 17.1 Å². The molecule has 2 aromatic rings. The van der Waals surface area contributed by atoms with Gasteiger partial charge in [0.15, 0.2) is 11.5 Å². The molecule has 8 heteroatoms. The van der Waals surface area contributed by atoms with Crippen LogP contribution in [0, 0.1) is 13.8 Å². The van der Waals surface area contributed by atoms with E-state index in [9.17, 15) is 4.79 Å². The maximum Gasteiger partial charge on any atom is 0.279 e. The molecule has 2 heterocycles. The molecule has 0 aliphatic carbocycles. The molecular weight excluding hydrogens is 222 g/mol. The fraction of sp³-hybridized carbons (Fsp3) is 0.444. The van der Waals surface area contributed by atoms with Crippen LogP contribution in [0.15, 0.2) is 0 Å². The Bertz CT molecular complexity index is 568. The lowest BCUT2D eigenvalue weighted by Crippen LogP contribution is -2.15. The topological polar surface area (TPSA) is 90.5 Å². The highest BCUT2D eigenvalue weighted by atomic mass is 16.2. The van der Waals surface area contributed by atoms with Gasteiger partial charge in [0.1, 0.15) is 0 Å². The first-order chi connectivity index (χ1) is 8.00. The molecular formula is C9H13N7O. The first-order valence-electron chi connectivity index (χ1n) is 5.04. The van der Waals surface area contributed by atoms with Crippen molar-refractivity contribution in [1.82, 2.24) is 30.0 Å². The van der Waals surface area contributed by atoms with Gasteiger partial charge in [-0.25, -0.2) is 0 Å². The molecule has 0 aliphatic rings. The van der Waals surface area contributed by atoms with E-state index >= 15 is 0 Å². The zero-order valence-corrected chi connectivity index (χ0v) is 10.1. The molecule has 1 N–H and O–H groups in total. The summed E-state index contributed by atoms with van der Waals surface area (Å²) in [6.07, 6.45) is 0. The number of aromatic nitrogens is 6. The van der Waals surface area contributed by atoms with Crippen molar-refractivity contribution >= 4 is 11.7 Å². The summed E-state index contributed by atoms with van der Waals surface area (Å²) in [5.41, 5.74) is 1.77. The van der Waals surface area contributed by atoms with Gasteiger partial charge < -0.3 is 5.32 Å². The van der Waals surface area contributed by atoms with E-state index in [-0.39, 0.29) is 11.6 Å². The predicted molar refractivity (Wildman–Crippen MR) is 59.4 cm³/mol. The Hall–Kier alpha value is -2.25. The van der Waals surface area contributed by atoms with Crippen LogP contribution in [-0.4, -0.2) is 35.9 Å². The van der Waals surface area contributed by atoms with E-state index in [0.29, 0.717) is 11.5 Å². The lowest BCUT2D eigenvalue weighted by atomic mass is 10.3. The Balaban J connectivity index is 2.23. The minimum Gasteiger partial charge on any atom is -0.302 e. The van der Waals surface area contributed by atoms with Crippen molar-refractivity contribution in [2.24, 2.45) is 14.1 Å². The average molecular weight is 235 g/mol. The van der Waals surface area contributed by atoms with E-state index < -0.39 is 0 Å². The third kappa shape index (κ3) is 1.88. The Morgan fingerprint density at radius 2 is 1.65 bits per heavy atom. The molecule has 0 spiro atoms. The van der Waals surface area contributed by atoms with Crippen molar-refractivity contribution in [1.29, 1.82) is 0 Å². The number of amides is 1. The van der Waals surface area contributed by atoms with Gasteiger partial charge in [-0.05, 0) is 13.8 Å². The molecule has 0 bridgehead atoms. The van der Waals surface area contributed by atoms with E-state index in [1.54, 1.807) is 30.4 Å². The molecule has 0 saturated carbocycles. The van der Waals surface area contributed by atoms with Crippen LogP contribution in [-0.2, 0) is 14.1 Å². The molecule has 90 valence electrons. The number of nitrogens with zero attached hydrogens (tertiary/aromatic N) is 6. The Morgan fingerprint density at radius 1 is 1.06 bits per heavy atom. The number of anilines is 1. The minimum absolute atomic E-state index is 0.289. The molecule has 1 amide bonds. The molecule has 0 atom stereocenters. The van der Waals surface area contributed by atoms with Crippen LogP contribution in [0.2, 0.25) is 0 Å². The number of nitrogens with one attached hydrogen (secondary N) is 1. The molecule has 17 heavy (non-hydrogen) atoms. The van der Waals surface area contributed by atoms with Gasteiger partial charge in [-0.15, -0.1) is 10.2 Å². The largest absolute Gasteiger partial charge is 0.302 e. The zero-order chi connectivity index (χ0) is 12.6. The van der Waals surface area contributed by atoms with Crippen LogP contribution >= 0.6 is 0 Å². The van der Waals surface area contributed by atoms with Crippen molar-refractivity contribution in [3.8, 4) is 0 Å². The standard InChI is InChI=1S/C9H13N7O/c1-5-7(11-13-15(5)3)9(17)10-8-6(2)16(4)14-12-8/h1-4H3,(H,10,17). The highest BCUT2D eigenvalue weighted by Gasteiger charge is 2.17. The van der Waals surface area contributed by atoms with Gasteiger partial charge in [0, 0.05) is 14.1 Å². The highest BCUT2D eigenvalue weighted by molar-refractivity contribution is 6.03. The van der Waals surface area contributed by atoms with Crippen LogP contribution < -0.4 is 5.32 Å². The van der Waals surface area contributed by atoms with Gasteiger partial charge in [0.25, 0.3) is 5.91 Å². The molecule has 2 aromatic heterocycles. The van der Waals surface area contributed by atoms with Crippen molar-refractivity contribution in [2.75, 3.05) is 5.32 Å². The van der Waals surface area contributed by atoms with E-state index in [2.05, 4.69) is 25.9 Å². The van der Waals surface area contributed by atoms with E-state index in [0.717, 1.165) is 5.69 Å². The summed E-state index contributed by atoms with van der Waals surface area (Å²) >= 11 is 0. The zero-order valence-electron chi connectivity index (χ0n) is 10.1. The quantitative estimate of drug-likeness (QED) is 0.779. The number of hydrogen-bond acceptors (Lipinski definition) is 5. The van der Waals surface area contributed by atoms with Crippen LogP contribution in [0.5, 0.6) is 0 Å². The van der Waals surface area contributed by atoms with Crippen LogP contribution in [0.25, 0.3) is 0 Å². The summed E-state index contributed by atoms with van der Waals surface area (Å²) in [7, 11) is 3.48. The van der Waals surface area contributed by atoms with Gasteiger partial charge in [-0.2, -0.15) is 0 Å². The summed E-state index contributed by atoms with van der Waals surface area (Å²) in [6.45, 7) is 3.59. The first-order valence-corrected chi connectivity index (χ1v) is 5.04. The normalized spacial score (nSPS) is 10.6. The molecule has 0 aliphatic heterocycles. The molecule has 0 aromatic carbocycles. The minimum atomic E-state index is -0.334. The SMILES string of the molecule is Cc1c(NC(=O)c2nnn(C)c2C)nnn1C. The number of hydrogen-bond donors (Lipinski definition) is 1. The summed E-state index contributed by atoms with van der Waals surface area (Å²) in [4.78, 5) is 11.9. The third-order valence-electron chi connectivity index (χ3n) is 2.66. The van der Waals surface area contributed by atoms with Gasteiger partial charge in [0.05, 0.1) is 11.4 Å². The lowest BCUT2D eigenvalue weighted by Gasteiger charge is -2.00. The van der Waals surface area contributed by atoms with Crippen LogP contribution in [0.3, 0.4) is 0 Å². The maximum absolute atomic E-state index is 11.9. The Morgan fingerprint density at radius 3 is 2.12 bits per heavy atom. The summed E-state index contributed by atoms with van der Waals surface area (Å²) in [5.74, 6) is 0.0988. The molecule has 2 rings (SSSR count). The van der Waals surface area contributed by atoms with Gasteiger partial charge in [-0.1, -0.05) is 10.4 Å². The molecule has 0 radical (unpaired) electrons. The second-order valence-electron chi connectivity index (χ2n) is 3.75. The number of aryl methyl sites for hydroxylation is 2. The third-order valence-corrected chi connectivity index (χ3v) is 2.66. The Labute approximate surface area is 97.6 Å². The molecule has 0 unspecified atom stereocenters. The average Bonchev–Trinajstić information content (AvgIpc) is 2.77. The smallest absolute Gasteiger partial charge is 0.279 e. The summed E-state index contributed by atoms with van der Waals surface area (Å²) in [5, 5.41) is 17.9. The second kappa shape index (κ2) is 3.96. The summed E-state index contributed by atoms with van der Waals surface area (Å²) in [6, 6.07) is 0. The molecule has 0 fully saturated rings. The lowest BCUT2D eigenvalue weighted by molar-refractivity contribution is 0.102. The Kier molecular flexibility index (Phi) is 2.62. The van der Waals surface area contributed by atoms with Gasteiger partial charge >= 0.3 is 0 Å². The highest BCUT2D eigenvalue weighted by Crippen LogP contribution is 2.10. The monoisotopic (exact) mass is 235 g/mol. The van der Waals surface area contributed by atoms with Crippen LogP contribution in [0.4, 0.5) is 5.82 Å². The van der Waals surface area contributed by atoms with Gasteiger partial charge in [0.2, 0.25) is 0 Å². The molecule has 0 saturated heterocycles. The number of carbonyl (C=O) groups excluding carboxylic acids is 1. The van der Waals surface area contributed by atoms with Crippen molar-refractivity contribution < 1.29 is 4.79 Å². The van der Waals surface area contributed by atoms with Crippen molar-refractivity contribution in [3.63, 3.8) is 0 Å². The second-order valence-corrected chi connectivity index (χ2v) is 3.75. The van der Waals surface area contributed by atoms with E-state index in [4.69, 9.17) is 0 Å². The number of rotatable bonds is 2. The molecule has 8 nitrogen and oxygen atoms in total. The van der Waals surface area contributed by atoms with E-state index in [1.165, 1.54) is 0 Å². The van der Waals surface area contributed by atoms with E-state index in [1.807, 2.05) is 6.92 Å². The fourth-order valence-electron chi connectivity index (χ4n) is 1.30. The van der Waals surface area contributed by atoms with Crippen molar-refractivity contribution in [2.45, 2.75) is 13.8 Å². The fourth-order valence-corrected chi connectivity index (χ4v) is 1.30. The first kappa shape index (κ1) is 11.2. The predicted octanol–water partition coefficient (Wildman–Crippen LogP) is -0.187. The summed E-state index contributed by atoms with van der Waals surface area (Å²) < 4.78 is 3.12. The maximum atomic E-state index is 11.9.